The maximum absolute atomic E-state index is 11.8. The molecule has 0 spiro atoms. The van der Waals surface area contributed by atoms with Gasteiger partial charge in [0.1, 0.15) is 0 Å². The molecule has 0 aliphatic heterocycles. The molecular formula is C4H8FNO2. The third kappa shape index (κ3) is 2.52. The Kier molecular flexibility index (Phi) is 3.10. The lowest BCUT2D eigenvalue weighted by atomic mass is 10.3. The van der Waals surface area contributed by atoms with Gasteiger partial charge in [-0.15, -0.1) is 0 Å². The van der Waals surface area contributed by atoms with Crippen molar-refractivity contribution >= 4 is 5.97 Å². The topological polar surface area (TPSA) is 63.3 Å². The highest BCUT2D eigenvalue weighted by Crippen LogP contribution is 1.93. The van der Waals surface area contributed by atoms with Crippen LogP contribution in [-0.2, 0) is 4.79 Å². The van der Waals surface area contributed by atoms with Crippen LogP contribution in [0.2, 0.25) is 0 Å². The Morgan fingerprint density at radius 3 is 2.50 bits per heavy atom. The molecule has 0 aromatic carbocycles. The average Bonchev–Trinajstić information content (AvgIpc) is 1.67. The fourth-order valence-corrected chi connectivity index (χ4v) is 0.270. The highest BCUT2D eigenvalue weighted by molar-refractivity contribution is 5.71. The van der Waals surface area contributed by atoms with Crippen molar-refractivity contribution in [1.29, 1.82) is 0 Å². The number of halogens is 1. The molecule has 0 bridgehead atoms. The molecule has 8 heavy (non-hydrogen) atoms. The lowest BCUT2D eigenvalue weighted by molar-refractivity contribution is -0.142. The summed E-state index contributed by atoms with van der Waals surface area (Å²) in [6, 6.07) is 0. The van der Waals surface area contributed by atoms with Crippen LogP contribution in [0, 0.1) is 0 Å². The van der Waals surface area contributed by atoms with Gasteiger partial charge in [0.05, 0.1) is 0 Å². The largest absolute Gasteiger partial charge is 0.479 e. The quantitative estimate of drug-likeness (QED) is 0.541. The van der Waals surface area contributed by atoms with Crippen LogP contribution in [0.3, 0.4) is 0 Å². The van der Waals surface area contributed by atoms with E-state index in [0.29, 0.717) is 0 Å². The molecular weight excluding hydrogens is 113 g/mol. The molecule has 4 heteroatoms. The molecule has 0 amide bonds. The maximum Gasteiger partial charge on any atom is 0.338 e. The number of alkyl halides is 1. The smallest absolute Gasteiger partial charge is 0.338 e. The Morgan fingerprint density at radius 1 is 1.88 bits per heavy atom. The first-order chi connectivity index (χ1) is 3.68. The highest BCUT2D eigenvalue weighted by atomic mass is 19.1. The Morgan fingerprint density at radius 2 is 2.38 bits per heavy atom. The summed E-state index contributed by atoms with van der Waals surface area (Å²) in [6.07, 6.45) is -1.89. The molecule has 0 heterocycles. The molecule has 0 radical (unpaired) electrons. The van der Waals surface area contributed by atoms with Gasteiger partial charge in [-0.05, 0) is 6.54 Å². The number of hydrogen-bond acceptors (Lipinski definition) is 2. The van der Waals surface area contributed by atoms with Gasteiger partial charge < -0.3 is 10.8 Å². The zero-order valence-corrected chi connectivity index (χ0v) is 4.30. The van der Waals surface area contributed by atoms with Gasteiger partial charge in [0.2, 0.25) is 0 Å². The van der Waals surface area contributed by atoms with Gasteiger partial charge in [-0.1, -0.05) is 0 Å². The normalized spacial score (nSPS) is 13.2. The van der Waals surface area contributed by atoms with Crippen LogP contribution in [0.1, 0.15) is 6.42 Å². The third-order valence-electron chi connectivity index (χ3n) is 0.688. The van der Waals surface area contributed by atoms with Crippen molar-refractivity contribution in [3.05, 3.63) is 0 Å². The molecule has 0 aromatic rings. The summed E-state index contributed by atoms with van der Waals surface area (Å²) in [5.74, 6) is -1.43. The van der Waals surface area contributed by atoms with E-state index >= 15 is 0 Å². The van der Waals surface area contributed by atoms with Crippen molar-refractivity contribution < 1.29 is 14.3 Å². The maximum atomic E-state index is 11.8. The molecule has 3 N–H and O–H groups in total. The van der Waals surface area contributed by atoms with E-state index in [9.17, 15) is 9.18 Å². The highest BCUT2D eigenvalue weighted by Gasteiger charge is 2.12. The van der Waals surface area contributed by atoms with Crippen molar-refractivity contribution in [3.8, 4) is 0 Å². The van der Waals surface area contributed by atoms with E-state index in [1.54, 1.807) is 0 Å². The first-order valence-corrected chi connectivity index (χ1v) is 2.25. The van der Waals surface area contributed by atoms with Crippen LogP contribution in [-0.4, -0.2) is 23.8 Å². The first kappa shape index (κ1) is 7.36. The fourth-order valence-electron chi connectivity index (χ4n) is 0.270. The zero-order chi connectivity index (χ0) is 6.57. The second-order valence-electron chi connectivity index (χ2n) is 1.38. The van der Waals surface area contributed by atoms with E-state index in [4.69, 9.17) is 10.8 Å². The molecule has 3 nitrogen and oxygen atoms in total. The van der Waals surface area contributed by atoms with Crippen LogP contribution >= 0.6 is 0 Å². The second kappa shape index (κ2) is 3.37. The van der Waals surface area contributed by atoms with Crippen LogP contribution in [0.25, 0.3) is 0 Å². The average molecular weight is 121 g/mol. The van der Waals surface area contributed by atoms with Crippen molar-refractivity contribution in [2.45, 2.75) is 12.6 Å². The summed E-state index contributed by atoms with van der Waals surface area (Å²) in [6.45, 7) is 0.0769. The minimum Gasteiger partial charge on any atom is -0.479 e. The predicted molar refractivity (Wildman–Crippen MR) is 26.2 cm³/mol. The third-order valence-corrected chi connectivity index (χ3v) is 0.688. The number of carbonyl (C=O) groups is 1. The number of hydrogen-bond donors (Lipinski definition) is 2. The van der Waals surface area contributed by atoms with Crippen LogP contribution < -0.4 is 5.73 Å². The summed E-state index contributed by atoms with van der Waals surface area (Å²) < 4.78 is 11.8. The molecule has 0 aromatic heterocycles. The standard InChI is InChI=1S/C4H8FNO2/c5-3(1-2-6)4(7)8/h3H,1-2,6H2,(H,7,8)/t3-/m1/s1. The van der Waals surface area contributed by atoms with E-state index in [1.165, 1.54) is 0 Å². The summed E-state index contributed by atoms with van der Waals surface area (Å²) in [4.78, 5) is 9.66. The van der Waals surface area contributed by atoms with Gasteiger partial charge in [0.25, 0.3) is 0 Å². The number of rotatable bonds is 3. The first-order valence-electron chi connectivity index (χ1n) is 2.25. The molecule has 0 saturated heterocycles. The Hall–Kier alpha value is -0.640. The number of nitrogens with two attached hydrogens (primary N) is 1. The Balaban J connectivity index is 3.32. The summed E-state index contributed by atoms with van der Waals surface area (Å²) >= 11 is 0. The predicted octanol–water partition coefficient (Wildman–Crippen LogP) is -0.242. The lowest BCUT2D eigenvalue weighted by Gasteiger charge is -1.96. The molecule has 0 saturated carbocycles. The Labute approximate surface area is 46.3 Å². The molecule has 0 unspecified atom stereocenters. The van der Waals surface area contributed by atoms with Crippen LogP contribution in [0.4, 0.5) is 4.39 Å². The van der Waals surface area contributed by atoms with Crippen LogP contribution in [0.5, 0.6) is 0 Å². The van der Waals surface area contributed by atoms with Gasteiger partial charge in [0.15, 0.2) is 6.17 Å². The fraction of sp³-hybridized carbons (Fsp3) is 0.750. The van der Waals surface area contributed by atoms with Crippen molar-refractivity contribution in [2.75, 3.05) is 6.54 Å². The van der Waals surface area contributed by atoms with Gasteiger partial charge >= 0.3 is 5.97 Å². The van der Waals surface area contributed by atoms with Crippen molar-refractivity contribution in [3.63, 3.8) is 0 Å². The molecule has 48 valence electrons. The monoisotopic (exact) mass is 121 g/mol. The number of aliphatic carboxylic acids is 1. The Bertz CT molecular complexity index is 86.1. The van der Waals surface area contributed by atoms with Gasteiger partial charge in [-0.25, -0.2) is 9.18 Å². The minimum atomic E-state index is -1.79. The van der Waals surface area contributed by atoms with Gasteiger partial charge in [-0.2, -0.15) is 0 Å². The van der Waals surface area contributed by atoms with Gasteiger partial charge in [-0.3, -0.25) is 0 Å². The van der Waals surface area contributed by atoms with E-state index in [2.05, 4.69) is 0 Å². The molecule has 0 aliphatic rings. The molecule has 0 rings (SSSR count). The van der Waals surface area contributed by atoms with E-state index in [-0.39, 0.29) is 13.0 Å². The van der Waals surface area contributed by atoms with E-state index < -0.39 is 12.1 Å². The molecule has 0 fully saturated rings. The summed E-state index contributed by atoms with van der Waals surface area (Å²) in [5.41, 5.74) is 4.86. The summed E-state index contributed by atoms with van der Waals surface area (Å²) in [7, 11) is 0. The van der Waals surface area contributed by atoms with Crippen LogP contribution in [0.15, 0.2) is 0 Å². The van der Waals surface area contributed by atoms with E-state index in [1.807, 2.05) is 0 Å². The van der Waals surface area contributed by atoms with Crippen molar-refractivity contribution in [1.82, 2.24) is 0 Å². The molecule has 1 atom stereocenters. The number of carboxylic acids is 1. The van der Waals surface area contributed by atoms with E-state index in [0.717, 1.165) is 0 Å². The SMILES string of the molecule is NCC[C@@H](F)C(=O)O. The van der Waals surface area contributed by atoms with Gasteiger partial charge in [0, 0.05) is 6.42 Å². The zero-order valence-electron chi connectivity index (χ0n) is 4.30. The van der Waals surface area contributed by atoms with Crippen molar-refractivity contribution in [2.24, 2.45) is 5.73 Å². The summed E-state index contributed by atoms with van der Waals surface area (Å²) in [5, 5.41) is 7.88. The minimum absolute atomic E-state index is 0.0769. The lowest BCUT2D eigenvalue weighted by Crippen LogP contribution is -2.18. The second-order valence-corrected chi connectivity index (χ2v) is 1.38. The number of carboxylic acid groups (broad SMARTS) is 1. The molecule has 0 aliphatic carbocycles.